The van der Waals surface area contributed by atoms with E-state index in [1.54, 1.807) is 4.90 Å². The Labute approximate surface area is 182 Å². The number of nitrogens with one attached hydrogen (secondary N) is 2. The average Bonchev–Trinajstić information content (AvgIpc) is 2.81. The van der Waals surface area contributed by atoms with Gasteiger partial charge in [0.25, 0.3) is 5.91 Å². The maximum atomic E-state index is 12.3. The van der Waals surface area contributed by atoms with E-state index in [0.29, 0.717) is 31.9 Å². The number of para-hydroxylation sites is 1. The second-order valence-electron chi connectivity index (χ2n) is 7.80. The molecular formula is C24H29N3O4. The van der Waals surface area contributed by atoms with Crippen LogP contribution in [0.1, 0.15) is 24.0 Å². The number of hydrogen-bond acceptors (Lipinski definition) is 4. The van der Waals surface area contributed by atoms with E-state index in [4.69, 9.17) is 4.74 Å². The molecule has 1 aliphatic rings. The van der Waals surface area contributed by atoms with Gasteiger partial charge in [-0.3, -0.25) is 14.4 Å². The Balaban J connectivity index is 1.32. The molecule has 2 aromatic rings. The van der Waals surface area contributed by atoms with E-state index in [9.17, 15) is 14.4 Å². The molecule has 0 radical (unpaired) electrons. The SMILES string of the molecule is Cc1ccc(CNC(=O)C(=O)NCC2CCN(C(=O)COc3ccccc3)CC2)cc1. The fraction of sp³-hybridized carbons (Fsp3) is 0.375. The number of carbonyl (C=O) groups is 3. The maximum absolute atomic E-state index is 12.3. The minimum Gasteiger partial charge on any atom is -0.484 e. The Morgan fingerprint density at radius 1 is 0.935 bits per heavy atom. The normalized spacial score (nSPS) is 14.0. The first-order chi connectivity index (χ1) is 15.0. The van der Waals surface area contributed by atoms with Crippen molar-refractivity contribution in [2.75, 3.05) is 26.2 Å². The summed E-state index contributed by atoms with van der Waals surface area (Å²) in [6.07, 6.45) is 1.56. The van der Waals surface area contributed by atoms with Gasteiger partial charge in [-0.2, -0.15) is 0 Å². The van der Waals surface area contributed by atoms with Crippen LogP contribution < -0.4 is 15.4 Å². The fourth-order valence-corrected chi connectivity index (χ4v) is 3.43. The van der Waals surface area contributed by atoms with E-state index >= 15 is 0 Å². The standard InChI is InChI=1S/C24H29N3O4/c1-18-7-9-19(10-8-18)15-25-23(29)24(30)26-16-20-11-13-27(14-12-20)22(28)17-31-21-5-3-2-4-6-21/h2-10,20H,11-17H2,1H3,(H,25,29)(H,26,30). The van der Waals surface area contributed by atoms with Gasteiger partial charge in [-0.25, -0.2) is 0 Å². The highest BCUT2D eigenvalue weighted by Gasteiger charge is 2.24. The van der Waals surface area contributed by atoms with Gasteiger partial charge in [-0.05, 0) is 43.4 Å². The van der Waals surface area contributed by atoms with E-state index in [1.165, 1.54) is 0 Å². The van der Waals surface area contributed by atoms with E-state index < -0.39 is 11.8 Å². The number of aryl methyl sites for hydroxylation is 1. The van der Waals surface area contributed by atoms with Gasteiger partial charge in [0.05, 0.1) is 0 Å². The summed E-state index contributed by atoms with van der Waals surface area (Å²) < 4.78 is 5.52. The topological polar surface area (TPSA) is 87.7 Å². The minimum atomic E-state index is -0.633. The predicted molar refractivity (Wildman–Crippen MR) is 117 cm³/mol. The molecule has 0 aliphatic carbocycles. The predicted octanol–water partition coefficient (Wildman–Crippen LogP) is 2.05. The molecule has 7 nitrogen and oxygen atoms in total. The molecule has 1 fully saturated rings. The first-order valence-corrected chi connectivity index (χ1v) is 10.6. The van der Waals surface area contributed by atoms with E-state index in [0.717, 1.165) is 24.0 Å². The molecule has 0 bridgehead atoms. The summed E-state index contributed by atoms with van der Waals surface area (Å²) in [7, 11) is 0. The van der Waals surface area contributed by atoms with Gasteiger partial charge in [-0.1, -0.05) is 48.0 Å². The highest BCUT2D eigenvalue weighted by atomic mass is 16.5. The summed E-state index contributed by atoms with van der Waals surface area (Å²) in [5, 5.41) is 5.35. The minimum absolute atomic E-state index is 0.0204. The second-order valence-corrected chi connectivity index (χ2v) is 7.80. The van der Waals surface area contributed by atoms with Crippen molar-refractivity contribution in [2.24, 2.45) is 5.92 Å². The summed E-state index contributed by atoms with van der Waals surface area (Å²) in [4.78, 5) is 38.2. The van der Waals surface area contributed by atoms with E-state index in [-0.39, 0.29) is 18.4 Å². The lowest BCUT2D eigenvalue weighted by molar-refractivity contribution is -0.139. The number of hydrogen-bond donors (Lipinski definition) is 2. The van der Waals surface area contributed by atoms with Crippen molar-refractivity contribution < 1.29 is 19.1 Å². The third kappa shape index (κ3) is 7.13. The van der Waals surface area contributed by atoms with Crippen LogP contribution in [0.15, 0.2) is 54.6 Å². The quantitative estimate of drug-likeness (QED) is 0.668. The Bertz CT molecular complexity index is 875. The lowest BCUT2D eigenvalue weighted by Gasteiger charge is -2.32. The number of piperidine rings is 1. The molecule has 0 saturated carbocycles. The molecule has 31 heavy (non-hydrogen) atoms. The number of likely N-dealkylation sites (tertiary alicyclic amines) is 1. The zero-order valence-corrected chi connectivity index (χ0v) is 17.8. The summed E-state index contributed by atoms with van der Waals surface area (Å²) in [6, 6.07) is 17.0. The van der Waals surface area contributed by atoms with Crippen LogP contribution in [0.3, 0.4) is 0 Å². The molecule has 0 unspecified atom stereocenters. The molecule has 0 spiro atoms. The third-order valence-corrected chi connectivity index (χ3v) is 5.40. The number of benzene rings is 2. The van der Waals surface area contributed by atoms with Crippen molar-refractivity contribution in [1.82, 2.24) is 15.5 Å². The Morgan fingerprint density at radius 3 is 2.26 bits per heavy atom. The Hall–Kier alpha value is -3.35. The van der Waals surface area contributed by atoms with Gasteiger partial charge < -0.3 is 20.3 Å². The highest BCUT2D eigenvalue weighted by molar-refractivity contribution is 6.35. The molecule has 164 valence electrons. The van der Waals surface area contributed by atoms with Crippen molar-refractivity contribution in [2.45, 2.75) is 26.3 Å². The number of carbonyl (C=O) groups excluding carboxylic acids is 3. The van der Waals surface area contributed by atoms with Crippen LogP contribution in [-0.4, -0.2) is 48.9 Å². The lowest BCUT2D eigenvalue weighted by atomic mass is 9.96. The van der Waals surface area contributed by atoms with Gasteiger partial charge in [0.1, 0.15) is 5.75 Å². The summed E-state index contributed by atoms with van der Waals surface area (Å²) in [6.45, 7) is 4.01. The zero-order valence-electron chi connectivity index (χ0n) is 17.8. The monoisotopic (exact) mass is 423 g/mol. The molecule has 1 saturated heterocycles. The van der Waals surface area contributed by atoms with Gasteiger partial charge in [0.15, 0.2) is 6.61 Å². The van der Waals surface area contributed by atoms with Gasteiger partial charge in [0.2, 0.25) is 0 Å². The van der Waals surface area contributed by atoms with Gasteiger partial charge in [-0.15, -0.1) is 0 Å². The average molecular weight is 424 g/mol. The molecule has 0 aromatic heterocycles. The van der Waals surface area contributed by atoms with Crippen LogP contribution in [0.2, 0.25) is 0 Å². The number of rotatable bonds is 7. The first-order valence-electron chi connectivity index (χ1n) is 10.6. The molecule has 0 atom stereocenters. The van der Waals surface area contributed by atoms with Crippen molar-refractivity contribution in [3.63, 3.8) is 0 Å². The zero-order chi connectivity index (χ0) is 22.1. The lowest BCUT2D eigenvalue weighted by Crippen LogP contribution is -2.45. The third-order valence-electron chi connectivity index (χ3n) is 5.40. The molecular weight excluding hydrogens is 394 g/mol. The number of amides is 3. The van der Waals surface area contributed by atoms with Crippen LogP contribution in [0.4, 0.5) is 0 Å². The van der Waals surface area contributed by atoms with Crippen LogP contribution in [0.5, 0.6) is 5.75 Å². The molecule has 2 aromatic carbocycles. The number of nitrogens with zero attached hydrogens (tertiary/aromatic N) is 1. The highest BCUT2D eigenvalue weighted by Crippen LogP contribution is 2.17. The molecule has 3 rings (SSSR count). The Morgan fingerprint density at radius 2 is 1.58 bits per heavy atom. The van der Waals surface area contributed by atoms with Crippen molar-refractivity contribution >= 4 is 17.7 Å². The maximum Gasteiger partial charge on any atom is 0.309 e. The summed E-state index contributed by atoms with van der Waals surface area (Å²) in [5.74, 6) is -0.378. The van der Waals surface area contributed by atoms with Crippen molar-refractivity contribution in [3.05, 3.63) is 65.7 Å². The fourth-order valence-electron chi connectivity index (χ4n) is 3.43. The van der Waals surface area contributed by atoms with Gasteiger partial charge in [0, 0.05) is 26.2 Å². The Kier molecular flexibility index (Phi) is 8.04. The largest absolute Gasteiger partial charge is 0.484 e. The number of ether oxygens (including phenoxy) is 1. The van der Waals surface area contributed by atoms with Gasteiger partial charge >= 0.3 is 11.8 Å². The van der Waals surface area contributed by atoms with E-state index in [1.807, 2.05) is 61.5 Å². The van der Waals surface area contributed by atoms with Crippen molar-refractivity contribution in [3.8, 4) is 5.75 Å². The molecule has 3 amide bonds. The smallest absolute Gasteiger partial charge is 0.309 e. The second kappa shape index (κ2) is 11.2. The van der Waals surface area contributed by atoms with Crippen LogP contribution in [0.25, 0.3) is 0 Å². The van der Waals surface area contributed by atoms with Crippen molar-refractivity contribution in [1.29, 1.82) is 0 Å². The van der Waals surface area contributed by atoms with Crippen LogP contribution in [-0.2, 0) is 20.9 Å². The first kappa shape index (κ1) is 22.3. The molecule has 2 N–H and O–H groups in total. The molecule has 7 heteroatoms. The van der Waals surface area contributed by atoms with E-state index in [2.05, 4.69) is 10.6 Å². The molecule has 1 aliphatic heterocycles. The summed E-state index contributed by atoms with van der Waals surface area (Å²) in [5.41, 5.74) is 2.09. The van der Waals surface area contributed by atoms with Crippen LogP contribution >= 0.6 is 0 Å². The summed E-state index contributed by atoms with van der Waals surface area (Å²) >= 11 is 0. The van der Waals surface area contributed by atoms with Crippen LogP contribution in [0, 0.1) is 12.8 Å². The molecule has 1 heterocycles.